The van der Waals surface area contributed by atoms with Crippen LogP contribution in [0.2, 0.25) is 0 Å². The van der Waals surface area contributed by atoms with Gasteiger partial charge in [0.05, 0.1) is 0 Å². The first-order valence-corrected chi connectivity index (χ1v) is 8.46. The lowest BCUT2D eigenvalue weighted by atomic mass is 10.0. The van der Waals surface area contributed by atoms with Gasteiger partial charge < -0.3 is 4.90 Å². The predicted octanol–water partition coefficient (Wildman–Crippen LogP) is 3.81. The molecule has 0 atom stereocenters. The lowest BCUT2D eigenvalue weighted by Crippen LogP contribution is -2.46. The van der Waals surface area contributed by atoms with Crippen molar-refractivity contribution in [2.75, 3.05) is 37.6 Å². The summed E-state index contributed by atoms with van der Waals surface area (Å²) in [6.45, 7) is 8.17. The quantitative estimate of drug-likeness (QED) is 0.827. The molecule has 22 heavy (non-hydrogen) atoms. The summed E-state index contributed by atoms with van der Waals surface area (Å²) in [5, 5.41) is 0. The van der Waals surface area contributed by atoms with Gasteiger partial charge in [-0.05, 0) is 36.6 Å². The number of nitrogens with zero attached hydrogens (tertiary/aromatic N) is 2. The molecule has 2 aromatic carbocycles. The average Bonchev–Trinajstić information content (AvgIpc) is 2.58. The second-order valence-corrected chi connectivity index (χ2v) is 6.12. The van der Waals surface area contributed by atoms with E-state index in [0.29, 0.717) is 0 Å². The lowest BCUT2D eigenvalue weighted by Gasteiger charge is -2.37. The van der Waals surface area contributed by atoms with E-state index in [0.717, 1.165) is 19.5 Å². The van der Waals surface area contributed by atoms with Crippen LogP contribution in [0.5, 0.6) is 0 Å². The summed E-state index contributed by atoms with van der Waals surface area (Å²) in [6, 6.07) is 19.7. The standard InChI is InChI=1S/C20H26N2/c1-2-12-21-13-15-22(16-14-21)20-11-7-6-10-19(20)17-18-8-4-3-5-9-18/h3-11H,2,12-17H2,1H3. The van der Waals surface area contributed by atoms with Gasteiger partial charge in [-0.1, -0.05) is 55.5 Å². The van der Waals surface area contributed by atoms with Crippen LogP contribution >= 0.6 is 0 Å². The maximum Gasteiger partial charge on any atom is 0.0403 e. The Balaban J connectivity index is 1.72. The van der Waals surface area contributed by atoms with Crippen molar-refractivity contribution in [2.45, 2.75) is 19.8 Å². The van der Waals surface area contributed by atoms with Crippen LogP contribution in [0.25, 0.3) is 0 Å². The summed E-state index contributed by atoms with van der Waals surface area (Å²) >= 11 is 0. The largest absolute Gasteiger partial charge is 0.369 e. The summed E-state index contributed by atoms with van der Waals surface area (Å²) in [5.74, 6) is 0. The fourth-order valence-electron chi connectivity index (χ4n) is 3.31. The van der Waals surface area contributed by atoms with Crippen molar-refractivity contribution in [3.05, 3.63) is 65.7 Å². The molecule has 1 aliphatic heterocycles. The van der Waals surface area contributed by atoms with Crippen molar-refractivity contribution >= 4 is 5.69 Å². The molecule has 2 heteroatoms. The first kappa shape index (κ1) is 15.1. The van der Waals surface area contributed by atoms with Crippen molar-refractivity contribution in [3.63, 3.8) is 0 Å². The highest BCUT2D eigenvalue weighted by atomic mass is 15.3. The summed E-state index contributed by atoms with van der Waals surface area (Å²) < 4.78 is 0. The van der Waals surface area contributed by atoms with E-state index in [1.165, 1.54) is 42.9 Å². The van der Waals surface area contributed by atoms with E-state index in [-0.39, 0.29) is 0 Å². The van der Waals surface area contributed by atoms with E-state index in [4.69, 9.17) is 0 Å². The Hall–Kier alpha value is -1.80. The van der Waals surface area contributed by atoms with Crippen molar-refractivity contribution < 1.29 is 0 Å². The van der Waals surface area contributed by atoms with Gasteiger partial charge >= 0.3 is 0 Å². The van der Waals surface area contributed by atoms with Crippen molar-refractivity contribution in [2.24, 2.45) is 0 Å². The monoisotopic (exact) mass is 294 g/mol. The van der Waals surface area contributed by atoms with Crippen molar-refractivity contribution in [1.29, 1.82) is 0 Å². The fraction of sp³-hybridized carbons (Fsp3) is 0.400. The highest BCUT2D eigenvalue weighted by molar-refractivity contribution is 5.55. The third-order valence-corrected chi connectivity index (χ3v) is 4.48. The van der Waals surface area contributed by atoms with Gasteiger partial charge in [-0.25, -0.2) is 0 Å². The molecule has 1 heterocycles. The van der Waals surface area contributed by atoms with Gasteiger partial charge in [-0.15, -0.1) is 0 Å². The smallest absolute Gasteiger partial charge is 0.0403 e. The van der Waals surface area contributed by atoms with Crippen LogP contribution in [0.3, 0.4) is 0 Å². The van der Waals surface area contributed by atoms with Crippen LogP contribution < -0.4 is 4.90 Å². The normalized spacial score (nSPS) is 16.0. The number of para-hydroxylation sites is 1. The van der Waals surface area contributed by atoms with Gasteiger partial charge in [-0.2, -0.15) is 0 Å². The van der Waals surface area contributed by atoms with Gasteiger partial charge in [0, 0.05) is 31.9 Å². The van der Waals surface area contributed by atoms with Crippen LogP contribution in [0.1, 0.15) is 24.5 Å². The third kappa shape index (κ3) is 3.69. The minimum atomic E-state index is 1.02. The summed E-state index contributed by atoms with van der Waals surface area (Å²) in [7, 11) is 0. The van der Waals surface area contributed by atoms with Gasteiger partial charge in [0.2, 0.25) is 0 Å². The summed E-state index contributed by atoms with van der Waals surface area (Å²) in [5.41, 5.74) is 4.25. The zero-order valence-corrected chi connectivity index (χ0v) is 13.5. The Kier molecular flexibility index (Phi) is 5.12. The van der Waals surface area contributed by atoms with Gasteiger partial charge in [0.1, 0.15) is 0 Å². The van der Waals surface area contributed by atoms with Crippen LogP contribution in [0, 0.1) is 0 Å². The van der Waals surface area contributed by atoms with E-state index >= 15 is 0 Å². The van der Waals surface area contributed by atoms with E-state index in [1.807, 2.05) is 0 Å². The Bertz CT molecular complexity index is 571. The molecule has 0 spiro atoms. The van der Waals surface area contributed by atoms with Crippen LogP contribution in [-0.2, 0) is 6.42 Å². The number of benzene rings is 2. The molecule has 1 saturated heterocycles. The first-order valence-electron chi connectivity index (χ1n) is 8.46. The first-order chi connectivity index (χ1) is 10.9. The second-order valence-electron chi connectivity index (χ2n) is 6.12. The molecule has 0 amide bonds. The minimum Gasteiger partial charge on any atom is -0.369 e. The third-order valence-electron chi connectivity index (χ3n) is 4.48. The molecule has 116 valence electrons. The SMILES string of the molecule is CCCN1CCN(c2ccccc2Cc2ccccc2)CC1. The highest BCUT2D eigenvalue weighted by Crippen LogP contribution is 2.24. The van der Waals surface area contributed by atoms with Crippen molar-refractivity contribution in [1.82, 2.24) is 4.90 Å². The van der Waals surface area contributed by atoms with E-state index in [1.54, 1.807) is 0 Å². The van der Waals surface area contributed by atoms with E-state index < -0.39 is 0 Å². The molecule has 1 fully saturated rings. The average molecular weight is 294 g/mol. The van der Waals surface area contributed by atoms with E-state index in [9.17, 15) is 0 Å². The van der Waals surface area contributed by atoms with Crippen LogP contribution in [-0.4, -0.2) is 37.6 Å². The van der Waals surface area contributed by atoms with Crippen LogP contribution in [0.15, 0.2) is 54.6 Å². The predicted molar refractivity (Wildman–Crippen MR) is 94.6 cm³/mol. The minimum absolute atomic E-state index is 1.02. The van der Waals surface area contributed by atoms with Gasteiger partial charge in [0.25, 0.3) is 0 Å². The number of anilines is 1. The van der Waals surface area contributed by atoms with Gasteiger partial charge in [-0.3, -0.25) is 4.90 Å². The Morgan fingerprint density at radius 2 is 1.50 bits per heavy atom. The topological polar surface area (TPSA) is 6.48 Å². The Labute approximate surface area is 134 Å². The molecule has 0 unspecified atom stereocenters. The second kappa shape index (κ2) is 7.46. The van der Waals surface area contributed by atoms with E-state index in [2.05, 4.69) is 71.3 Å². The summed E-state index contributed by atoms with van der Waals surface area (Å²) in [6.07, 6.45) is 2.27. The Morgan fingerprint density at radius 1 is 0.818 bits per heavy atom. The fourth-order valence-corrected chi connectivity index (χ4v) is 3.31. The highest BCUT2D eigenvalue weighted by Gasteiger charge is 2.18. The number of hydrogen-bond acceptors (Lipinski definition) is 2. The zero-order valence-electron chi connectivity index (χ0n) is 13.5. The molecule has 0 bridgehead atoms. The molecule has 2 aromatic rings. The molecule has 0 aliphatic carbocycles. The molecule has 0 radical (unpaired) electrons. The zero-order chi connectivity index (χ0) is 15.2. The molecule has 0 aromatic heterocycles. The number of hydrogen-bond donors (Lipinski definition) is 0. The van der Waals surface area contributed by atoms with Crippen LogP contribution in [0.4, 0.5) is 5.69 Å². The maximum atomic E-state index is 2.58. The molecular formula is C20H26N2. The Morgan fingerprint density at radius 3 is 2.23 bits per heavy atom. The molecule has 0 saturated carbocycles. The van der Waals surface area contributed by atoms with Crippen molar-refractivity contribution in [3.8, 4) is 0 Å². The lowest BCUT2D eigenvalue weighted by molar-refractivity contribution is 0.258. The molecular weight excluding hydrogens is 268 g/mol. The number of rotatable bonds is 5. The molecule has 2 nitrogen and oxygen atoms in total. The maximum absolute atomic E-state index is 2.58. The molecule has 3 rings (SSSR count). The number of piperazine rings is 1. The molecule has 0 N–H and O–H groups in total. The van der Waals surface area contributed by atoms with Gasteiger partial charge in [0.15, 0.2) is 0 Å². The summed E-state index contributed by atoms with van der Waals surface area (Å²) in [4.78, 5) is 5.14. The molecule has 1 aliphatic rings.